The van der Waals surface area contributed by atoms with Crippen LogP contribution in [0.5, 0.6) is 0 Å². The van der Waals surface area contributed by atoms with E-state index in [1.165, 1.54) is 0 Å². The molecule has 0 aliphatic rings. The number of halogens is 6. The Bertz CT molecular complexity index is 366. The average Bonchev–Trinajstić information content (AvgIpc) is 2.16. The summed E-state index contributed by atoms with van der Waals surface area (Å²) in [5.74, 6) is -1.06. The molecule has 0 saturated heterocycles. The molecule has 1 nitrogen and oxygen atoms in total. The largest absolute Gasteiger partial charge is 0.416 e. The number of rotatable bonds is 3. The third-order valence-electron chi connectivity index (χ3n) is 2.15. The van der Waals surface area contributed by atoms with Crippen LogP contribution in [0.25, 0.3) is 0 Å². The van der Waals surface area contributed by atoms with Crippen molar-refractivity contribution in [3.05, 3.63) is 35.1 Å². The molecular formula is C10H11ClF5N. The van der Waals surface area contributed by atoms with E-state index < -0.39 is 35.8 Å². The normalized spacial score (nSPS) is 13.1. The van der Waals surface area contributed by atoms with Crippen molar-refractivity contribution >= 4 is 12.4 Å². The highest BCUT2D eigenvalue weighted by Crippen LogP contribution is 2.35. The Hall–Kier alpha value is -0.880. The molecule has 0 radical (unpaired) electrons. The first-order chi connectivity index (χ1) is 7.38. The second-order valence-corrected chi connectivity index (χ2v) is 3.28. The smallest absolute Gasteiger partial charge is 0.324 e. The molecule has 0 unspecified atom stereocenters. The van der Waals surface area contributed by atoms with E-state index in [1.54, 1.807) is 0 Å². The van der Waals surface area contributed by atoms with Crippen molar-refractivity contribution in [2.24, 2.45) is 5.73 Å². The molecule has 0 amide bonds. The zero-order valence-corrected chi connectivity index (χ0v) is 9.42. The second-order valence-electron chi connectivity index (χ2n) is 3.28. The van der Waals surface area contributed by atoms with E-state index in [0.717, 1.165) is 18.2 Å². The lowest BCUT2D eigenvalue weighted by Crippen LogP contribution is -2.19. The Morgan fingerprint density at radius 3 is 2.29 bits per heavy atom. The maximum Gasteiger partial charge on any atom is 0.416 e. The van der Waals surface area contributed by atoms with Gasteiger partial charge in [-0.15, -0.1) is 12.4 Å². The summed E-state index contributed by atoms with van der Waals surface area (Å²) >= 11 is 0. The number of hydrogen-bond acceptors (Lipinski definition) is 1. The molecule has 0 aromatic heterocycles. The summed E-state index contributed by atoms with van der Waals surface area (Å²) in [6.45, 7) is -0.896. The summed E-state index contributed by atoms with van der Waals surface area (Å²) in [6, 6.07) is 1.27. The van der Waals surface area contributed by atoms with Crippen molar-refractivity contribution in [2.75, 3.05) is 6.67 Å². The molecule has 7 heteroatoms. The molecule has 0 aliphatic carbocycles. The highest BCUT2D eigenvalue weighted by Gasteiger charge is 2.35. The van der Waals surface area contributed by atoms with Gasteiger partial charge in [0.1, 0.15) is 5.82 Å². The Morgan fingerprint density at radius 2 is 1.82 bits per heavy atom. The van der Waals surface area contributed by atoms with E-state index >= 15 is 0 Å². The van der Waals surface area contributed by atoms with Gasteiger partial charge in [-0.2, -0.15) is 13.2 Å². The van der Waals surface area contributed by atoms with Gasteiger partial charge in [-0.3, -0.25) is 4.39 Å². The van der Waals surface area contributed by atoms with Gasteiger partial charge in [0, 0.05) is 11.6 Å². The van der Waals surface area contributed by atoms with E-state index in [0.29, 0.717) is 0 Å². The van der Waals surface area contributed by atoms with Gasteiger partial charge in [-0.1, -0.05) is 6.07 Å². The predicted octanol–water partition coefficient (Wildman–Crippen LogP) is 3.63. The maximum atomic E-state index is 13.3. The van der Waals surface area contributed by atoms with Crippen molar-refractivity contribution in [1.29, 1.82) is 0 Å². The van der Waals surface area contributed by atoms with Crippen LogP contribution in [0.4, 0.5) is 22.0 Å². The van der Waals surface area contributed by atoms with E-state index in [4.69, 9.17) is 5.73 Å². The fourth-order valence-corrected chi connectivity index (χ4v) is 1.42. The Labute approximate surface area is 101 Å². The van der Waals surface area contributed by atoms with Gasteiger partial charge >= 0.3 is 6.18 Å². The van der Waals surface area contributed by atoms with Crippen LogP contribution in [-0.2, 0) is 6.18 Å². The van der Waals surface area contributed by atoms with Gasteiger partial charge in [-0.05, 0) is 18.6 Å². The van der Waals surface area contributed by atoms with Crippen LogP contribution in [0.15, 0.2) is 18.2 Å². The van der Waals surface area contributed by atoms with Crippen molar-refractivity contribution in [2.45, 2.75) is 18.6 Å². The Morgan fingerprint density at radius 1 is 1.24 bits per heavy atom. The first-order valence-corrected chi connectivity index (χ1v) is 4.55. The monoisotopic (exact) mass is 275 g/mol. The van der Waals surface area contributed by atoms with Gasteiger partial charge in [0.2, 0.25) is 0 Å². The molecule has 98 valence electrons. The fourth-order valence-electron chi connectivity index (χ4n) is 1.42. The molecule has 17 heavy (non-hydrogen) atoms. The summed E-state index contributed by atoms with van der Waals surface area (Å²) in [5.41, 5.74) is 3.51. The molecule has 0 aliphatic heterocycles. The minimum absolute atomic E-state index is 0. The van der Waals surface area contributed by atoms with Crippen molar-refractivity contribution in [3.8, 4) is 0 Å². The van der Waals surface area contributed by atoms with E-state index in [1.807, 2.05) is 0 Å². The minimum atomic E-state index is -4.69. The van der Waals surface area contributed by atoms with Crippen molar-refractivity contribution < 1.29 is 22.0 Å². The molecule has 2 N–H and O–H groups in total. The predicted molar refractivity (Wildman–Crippen MR) is 56.2 cm³/mol. The summed E-state index contributed by atoms with van der Waals surface area (Å²) < 4.78 is 62.8. The molecule has 0 spiro atoms. The summed E-state index contributed by atoms with van der Waals surface area (Å²) in [4.78, 5) is 0. The molecular weight excluding hydrogens is 265 g/mol. The minimum Gasteiger partial charge on any atom is -0.324 e. The molecule has 0 fully saturated rings. The third kappa shape index (κ3) is 3.81. The van der Waals surface area contributed by atoms with Crippen molar-refractivity contribution in [3.63, 3.8) is 0 Å². The lowest BCUT2D eigenvalue weighted by molar-refractivity contribution is -0.138. The summed E-state index contributed by atoms with van der Waals surface area (Å²) in [5, 5.41) is 0. The van der Waals surface area contributed by atoms with Gasteiger partial charge in [0.25, 0.3) is 0 Å². The maximum absolute atomic E-state index is 13.3. The van der Waals surface area contributed by atoms with Crippen LogP contribution in [-0.4, -0.2) is 6.67 Å². The first-order valence-electron chi connectivity index (χ1n) is 4.55. The molecule has 0 heterocycles. The van der Waals surface area contributed by atoms with Crippen LogP contribution >= 0.6 is 12.4 Å². The number of benzene rings is 1. The SMILES string of the molecule is Cl.N[C@@H](CCF)c1c(F)cccc1C(F)(F)F. The van der Waals surface area contributed by atoms with Crippen LogP contribution in [0.3, 0.4) is 0 Å². The van der Waals surface area contributed by atoms with E-state index in [9.17, 15) is 22.0 Å². The lowest BCUT2D eigenvalue weighted by atomic mass is 9.98. The fraction of sp³-hybridized carbons (Fsp3) is 0.400. The third-order valence-corrected chi connectivity index (χ3v) is 2.15. The standard InChI is InChI=1S/C10H10F5N.ClH/c11-5-4-8(16)9-6(10(13,14)15)2-1-3-7(9)12;/h1-3,8H,4-5,16H2;1H/t8-;/m0./s1. The first kappa shape index (κ1) is 16.1. The van der Waals surface area contributed by atoms with E-state index in [2.05, 4.69) is 0 Å². The van der Waals surface area contributed by atoms with E-state index in [-0.39, 0.29) is 18.8 Å². The topological polar surface area (TPSA) is 26.0 Å². The quantitative estimate of drug-likeness (QED) is 0.838. The molecule has 1 rings (SSSR count). The summed E-state index contributed by atoms with van der Waals surface area (Å²) in [7, 11) is 0. The van der Waals surface area contributed by atoms with Gasteiger partial charge in [0.15, 0.2) is 0 Å². The lowest BCUT2D eigenvalue weighted by Gasteiger charge is -2.17. The molecule has 0 saturated carbocycles. The molecule has 1 aromatic carbocycles. The van der Waals surface area contributed by atoms with Crippen LogP contribution in [0.2, 0.25) is 0 Å². The van der Waals surface area contributed by atoms with Gasteiger partial charge in [0.05, 0.1) is 12.2 Å². The van der Waals surface area contributed by atoms with Crippen LogP contribution in [0, 0.1) is 5.82 Å². The molecule has 1 atom stereocenters. The molecule has 0 bridgehead atoms. The molecule has 1 aromatic rings. The van der Waals surface area contributed by atoms with Crippen molar-refractivity contribution in [1.82, 2.24) is 0 Å². The second kappa shape index (κ2) is 6.16. The Kier molecular flexibility index (Phi) is 5.84. The highest BCUT2D eigenvalue weighted by atomic mass is 35.5. The number of alkyl halides is 4. The van der Waals surface area contributed by atoms with Gasteiger partial charge in [-0.25, -0.2) is 4.39 Å². The zero-order chi connectivity index (χ0) is 12.3. The van der Waals surface area contributed by atoms with Crippen LogP contribution in [0.1, 0.15) is 23.6 Å². The Balaban J connectivity index is 0.00000256. The van der Waals surface area contributed by atoms with Gasteiger partial charge < -0.3 is 5.73 Å². The zero-order valence-electron chi connectivity index (χ0n) is 8.60. The highest BCUT2D eigenvalue weighted by molar-refractivity contribution is 5.85. The number of nitrogens with two attached hydrogens (primary N) is 1. The number of hydrogen-bond donors (Lipinski definition) is 1. The average molecular weight is 276 g/mol. The van der Waals surface area contributed by atoms with Crippen LogP contribution < -0.4 is 5.73 Å². The summed E-state index contributed by atoms with van der Waals surface area (Å²) in [6.07, 6.45) is -5.03.